The monoisotopic (exact) mass is 228 g/mol. The van der Waals surface area contributed by atoms with Crippen molar-refractivity contribution in [3.8, 4) is 5.75 Å². The van der Waals surface area contributed by atoms with Crippen LogP contribution in [-0.2, 0) is 6.42 Å². The Kier molecular flexibility index (Phi) is 3.14. The van der Waals surface area contributed by atoms with E-state index >= 15 is 0 Å². The maximum atomic E-state index is 11.7. The second-order valence-corrected chi connectivity index (χ2v) is 4.75. The molecule has 0 atom stereocenters. The lowest BCUT2D eigenvalue weighted by atomic mass is 10.0. The summed E-state index contributed by atoms with van der Waals surface area (Å²) >= 11 is 0. The molecule has 0 aliphatic carbocycles. The Hall–Kier alpha value is -1.83. The minimum Gasteiger partial charge on any atom is -0.507 e. The van der Waals surface area contributed by atoms with E-state index in [-0.39, 0.29) is 11.2 Å². The second-order valence-electron chi connectivity index (χ2n) is 4.75. The fourth-order valence-electron chi connectivity index (χ4n) is 2.04. The molecule has 1 N–H and O–H groups in total. The average Bonchev–Trinajstić information content (AvgIpc) is 2.37. The molecule has 0 aliphatic heterocycles. The van der Waals surface area contributed by atoms with E-state index in [9.17, 15) is 9.90 Å². The normalized spacial score (nSPS) is 11.0. The molecule has 0 aliphatic rings. The van der Waals surface area contributed by atoms with Crippen LogP contribution < -0.4 is 5.43 Å². The Labute approximate surface area is 101 Å². The highest BCUT2D eigenvalue weighted by Crippen LogP contribution is 2.27. The molecular weight excluding hydrogens is 212 g/mol. The number of aromatic hydroxyl groups is 1. The molecule has 0 unspecified atom stereocenters. The van der Waals surface area contributed by atoms with Gasteiger partial charge in [0, 0.05) is 5.39 Å². The first-order valence-electron chi connectivity index (χ1n) is 5.83. The summed E-state index contributed by atoms with van der Waals surface area (Å²) in [6.45, 7) is 4.14. The van der Waals surface area contributed by atoms with Crippen LogP contribution in [0.25, 0.3) is 10.8 Å². The zero-order valence-electron chi connectivity index (χ0n) is 10.1. The molecule has 2 heteroatoms. The van der Waals surface area contributed by atoms with Gasteiger partial charge in [-0.1, -0.05) is 38.1 Å². The zero-order valence-corrected chi connectivity index (χ0v) is 10.1. The minimum absolute atomic E-state index is 0.0582. The molecule has 2 aromatic rings. The average molecular weight is 228 g/mol. The van der Waals surface area contributed by atoms with Crippen LogP contribution in [0.2, 0.25) is 0 Å². The molecule has 0 amide bonds. The zero-order chi connectivity index (χ0) is 12.4. The van der Waals surface area contributed by atoms with E-state index < -0.39 is 0 Å². The number of hydrogen-bond acceptors (Lipinski definition) is 2. The lowest BCUT2D eigenvalue weighted by Crippen LogP contribution is -1.98. The SMILES string of the molecule is CC(C)Cc1cc(=O)cc2ccccc2c1O. The smallest absolute Gasteiger partial charge is 0.179 e. The molecule has 2 rings (SSSR count). The third-order valence-corrected chi connectivity index (χ3v) is 2.76. The van der Waals surface area contributed by atoms with Gasteiger partial charge in [0.15, 0.2) is 5.43 Å². The third-order valence-electron chi connectivity index (χ3n) is 2.76. The molecule has 0 saturated heterocycles. The molecule has 0 aromatic heterocycles. The van der Waals surface area contributed by atoms with Crippen LogP contribution >= 0.6 is 0 Å². The van der Waals surface area contributed by atoms with E-state index in [2.05, 4.69) is 13.8 Å². The van der Waals surface area contributed by atoms with E-state index in [1.807, 2.05) is 24.3 Å². The lowest BCUT2D eigenvalue weighted by molar-refractivity contribution is 0.469. The van der Waals surface area contributed by atoms with Gasteiger partial charge in [-0.05, 0) is 35.4 Å². The van der Waals surface area contributed by atoms with E-state index in [0.717, 1.165) is 16.3 Å². The Bertz CT molecular complexity index is 600. The summed E-state index contributed by atoms with van der Waals surface area (Å²) in [5.74, 6) is 0.637. The molecule has 88 valence electrons. The van der Waals surface area contributed by atoms with Crippen LogP contribution in [0.1, 0.15) is 19.4 Å². The van der Waals surface area contributed by atoms with Crippen molar-refractivity contribution >= 4 is 10.8 Å². The van der Waals surface area contributed by atoms with Crippen LogP contribution in [0.5, 0.6) is 5.75 Å². The Balaban J connectivity index is 2.79. The maximum Gasteiger partial charge on any atom is 0.179 e. The minimum atomic E-state index is -0.0582. The van der Waals surface area contributed by atoms with E-state index in [0.29, 0.717) is 12.3 Å². The van der Waals surface area contributed by atoms with Crippen LogP contribution in [0.15, 0.2) is 41.2 Å². The number of benzene rings is 1. The number of fused-ring (bicyclic) bond motifs is 1. The number of rotatable bonds is 2. The first kappa shape index (κ1) is 11.6. The van der Waals surface area contributed by atoms with Gasteiger partial charge in [-0.2, -0.15) is 0 Å². The summed E-state index contributed by atoms with van der Waals surface area (Å²) < 4.78 is 0. The van der Waals surface area contributed by atoms with Crippen molar-refractivity contribution in [1.82, 2.24) is 0 Å². The molecule has 0 saturated carbocycles. The van der Waals surface area contributed by atoms with E-state index in [4.69, 9.17) is 0 Å². The van der Waals surface area contributed by atoms with Gasteiger partial charge < -0.3 is 5.11 Å². The van der Waals surface area contributed by atoms with Gasteiger partial charge in [0.2, 0.25) is 0 Å². The van der Waals surface area contributed by atoms with Gasteiger partial charge in [0.1, 0.15) is 5.75 Å². The quantitative estimate of drug-likeness (QED) is 0.857. The molecule has 0 bridgehead atoms. The number of hydrogen-bond donors (Lipinski definition) is 1. The van der Waals surface area contributed by atoms with Crippen LogP contribution in [0, 0.1) is 5.92 Å². The second kappa shape index (κ2) is 4.58. The predicted molar refractivity (Wildman–Crippen MR) is 70.4 cm³/mol. The van der Waals surface area contributed by atoms with Crippen LogP contribution in [0.3, 0.4) is 0 Å². The van der Waals surface area contributed by atoms with Crippen LogP contribution in [-0.4, -0.2) is 5.11 Å². The van der Waals surface area contributed by atoms with Crippen molar-refractivity contribution in [2.75, 3.05) is 0 Å². The molecule has 2 nitrogen and oxygen atoms in total. The van der Waals surface area contributed by atoms with Gasteiger partial charge in [0.05, 0.1) is 0 Å². The summed E-state index contributed by atoms with van der Waals surface area (Å²) in [4.78, 5) is 11.7. The Morgan fingerprint density at radius 3 is 2.59 bits per heavy atom. The van der Waals surface area contributed by atoms with Crippen molar-refractivity contribution in [2.24, 2.45) is 5.92 Å². The molecule has 17 heavy (non-hydrogen) atoms. The summed E-state index contributed by atoms with van der Waals surface area (Å²) in [6, 6.07) is 10.5. The maximum absolute atomic E-state index is 11.7. The van der Waals surface area contributed by atoms with Gasteiger partial charge >= 0.3 is 0 Å². The summed E-state index contributed by atoms with van der Waals surface area (Å²) in [5, 5.41) is 11.8. The molecule has 2 aromatic carbocycles. The molecule has 0 fully saturated rings. The molecular formula is C15H16O2. The largest absolute Gasteiger partial charge is 0.507 e. The summed E-state index contributed by atoms with van der Waals surface area (Å²) in [7, 11) is 0. The van der Waals surface area contributed by atoms with Crippen molar-refractivity contribution < 1.29 is 5.11 Å². The Morgan fingerprint density at radius 1 is 1.18 bits per heavy atom. The molecule has 0 spiro atoms. The predicted octanol–water partition coefficient (Wildman–Crippen LogP) is 3.10. The van der Waals surface area contributed by atoms with Crippen molar-refractivity contribution in [1.29, 1.82) is 0 Å². The standard InChI is InChI=1S/C15H16O2/c1-10(2)7-12-9-13(16)8-11-5-3-4-6-14(11)15(12)17/h3-6,8-10,17H,7H2,1-2H3. The van der Waals surface area contributed by atoms with Crippen molar-refractivity contribution in [2.45, 2.75) is 20.3 Å². The highest BCUT2D eigenvalue weighted by Gasteiger charge is 2.07. The van der Waals surface area contributed by atoms with E-state index in [1.54, 1.807) is 6.07 Å². The Morgan fingerprint density at radius 2 is 1.88 bits per heavy atom. The highest BCUT2D eigenvalue weighted by atomic mass is 16.3. The van der Waals surface area contributed by atoms with Gasteiger partial charge in [-0.3, -0.25) is 4.79 Å². The highest BCUT2D eigenvalue weighted by molar-refractivity contribution is 5.88. The van der Waals surface area contributed by atoms with Crippen LogP contribution in [0.4, 0.5) is 0 Å². The van der Waals surface area contributed by atoms with Crippen molar-refractivity contribution in [3.05, 3.63) is 52.2 Å². The van der Waals surface area contributed by atoms with Gasteiger partial charge in [-0.15, -0.1) is 0 Å². The topological polar surface area (TPSA) is 37.3 Å². The third kappa shape index (κ3) is 2.47. The van der Waals surface area contributed by atoms with E-state index in [1.165, 1.54) is 6.07 Å². The summed E-state index contributed by atoms with van der Waals surface area (Å²) in [5.41, 5.74) is 0.670. The fourth-order valence-corrected chi connectivity index (χ4v) is 2.04. The molecule has 0 heterocycles. The fraction of sp³-hybridized carbons (Fsp3) is 0.267. The first-order valence-corrected chi connectivity index (χ1v) is 5.83. The van der Waals surface area contributed by atoms with Gasteiger partial charge in [0.25, 0.3) is 0 Å². The van der Waals surface area contributed by atoms with Gasteiger partial charge in [-0.25, -0.2) is 0 Å². The summed E-state index contributed by atoms with van der Waals surface area (Å²) in [6.07, 6.45) is 0.708. The lowest BCUT2D eigenvalue weighted by Gasteiger charge is -2.05. The first-order chi connectivity index (χ1) is 8.08. The van der Waals surface area contributed by atoms with Crippen molar-refractivity contribution in [3.63, 3.8) is 0 Å². The molecule has 0 radical (unpaired) electrons.